The summed E-state index contributed by atoms with van der Waals surface area (Å²) in [6.07, 6.45) is 0.462. The number of Topliss-reactive ketones (excluding diaryl/α,β-unsaturated/α-hetero) is 1. The average Bonchev–Trinajstić information content (AvgIpc) is 3.01. The first-order chi connectivity index (χ1) is 14.0. The topological polar surface area (TPSA) is 120 Å². The first kappa shape index (κ1) is 23.6. The number of H-pyrrole nitrogens is 1. The number of aromatic hydroxyl groups is 1. The zero-order valence-electron chi connectivity index (χ0n) is 18.2. The molecule has 0 saturated heterocycles. The molecule has 30 heavy (non-hydrogen) atoms. The summed E-state index contributed by atoms with van der Waals surface area (Å²) in [7, 11) is -3.78. The molecule has 1 aromatic heterocycles. The van der Waals surface area contributed by atoms with Gasteiger partial charge in [-0.25, -0.2) is 8.42 Å². The van der Waals surface area contributed by atoms with Gasteiger partial charge in [-0.2, -0.15) is 4.31 Å². The third-order valence-electron chi connectivity index (χ3n) is 5.09. The number of aromatic nitrogens is 1. The van der Waals surface area contributed by atoms with Crippen LogP contribution in [0.2, 0.25) is 0 Å². The number of benzene rings is 1. The van der Waals surface area contributed by atoms with Crippen molar-refractivity contribution in [1.29, 1.82) is 0 Å². The van der Waals surface area contributed by atoms with Crippen molar-refractivity contribution in [2.75, 3.05) is 18.4 Å². The summed E-state index contributed by atoms with van der Waals surface area (Å²) in [6.45, 7) is 10.7. The molecule has 0 saturated carbocycles. The van der Waals surface area contributed by atoms with Gasteiger partial charge in [-0.15, -0.1) is 0 Å². The molecule has 0 bridgehead atoms. The minimum Gasteiger partial charge on any atom is -0.506 e. The van der Waals surface area contributed by atoms with Gasteiger partial charge in [-0.3, -0.25) is 9.59 Å². The van der Waals surface area contributed by atoms with Crippen molar-refractivity contribution in [3.8, 4) is 5.75 Å². The van der Waals surface area contributed by atoms with E-state index in [1.807, 2.05) is 6.92 Å². The minimum atomic E-state index is -3.78. The van der Waals surface area contributed by atoms with Crippen LogP contribution in [-0.4, -0.2) is 47.6 Å². The van der Waals surface area contributed by atoms with E-state index in [4.69, 9.17) is 0 Å². The molecule has 0 radical (unpaired) electrons. The largest absolute Gasteiger partial charge is 0.506 e. The van der Waals surface area contributed by atoms with Gasteiger partial charge >= 0.3 is 0 Å². The number of ketones is 1. The van der Waals surface area contributed by atoms with Crippen molar-refractivity contribution in [3.05, 3.63) is 40.2 Å². The lowest BCUT2D eigenvalue weighted by Gasteiger charge is -2.21. The molecule has 164 valence electrons. The third-order valence-corrected chi connectivity index (χ3v) is 7.28. The Bertz CT molecular complexity index is 1080. The standard InChI is InChI=1S/C21H29N3O5S/c1-7-15-19(14(6)25)13(5)22-20(15)21(27)23-16-11-18(12(4)10-17(16)26)30(28,29)24(8-2)9-3/h10-11,22,26H,7-9H2,1-6H3,(H,23,27). The Morgan fingerprint density at radius 2 is 1.73 bits per heavy atom. The van der Waals surface area contributed by atoms with Crippen molar-refractivity contribution in [1.82, 2.24) is 9.29 Å². The normalized spacial score (nSPS) is 11.7. The van der Waals surface area contributed by atoms with E-state index in [1.54, 1.807) is 27.7 Å². The van der Waals surface area contributed by atoms with Gasteiger partial charge in [-0.05, 0) is 50.5 Å². The van der Waals surface area contributed by atoms with Gasteiger partial charge in [0.15, 0.2) is 5.78 Å². The van der Waals surface area contributed by atoms with E-state index >= 15 is 0 Å². The number of carbonyl (C=O) groups is 2. The maximum atomic E-state index is 12.9. The SMILES string of the molecule is CCc1c(C(=O)Nc2cc(S(=O)(=O)N(CC)CC)c(C)cc2O)[nH]c(C)c1C(C)=O. The summed E-state index contributed by atoms with van der Waals surface area (Å²) < 4.78 is 27.2. The molecule has 1 heterocycles. The Morgan fingerprint density at radius 1 is 1.13 bits per heavy atom. The van der Waals surface area contributed by atoms with Crippen LogP contribution in [0.15, 0.2) is 17.0 Å². The number of anilines is 1. The van der Waals surface area contributed by atoms with Gasteiger partial charge in [0.1, 0.15) is 11.4 Å². The Labute approximate surface area is 177 Å². The summed E-state index contributed by atoms with van der Waals surface area (Å²) in [4.78, 5) is 27.8. The van der Waals surface area contributed by atoms with Crippen molar-refractivity contribution in [2.45, 2.75) is 52.9 Å². The second kappa shape index (κ2) is 9.01. The number of amides is 1. The molecule has 0 unspecified atom stereocenters. The number of aryl methyl sites for hydroxylation is 2. The van der Waals surface area contributed by atoms with Crippen LogP contribution in [0.25, 0.3) is 0 Å². The Hall–Kier alpha value is -2.65. The van der Waals surface area contributed by atoms with Gasteiger partial charge in [0.25, 0.3) is 5.91 Å². The van der Waals surface area contributed by atoms with Crippen LogP contribution in [0.1, 0.15) is 65.4 Å². The molecule has 3 N–H and O–H groups in total. The highest BCUT2D eigenvalue weighted by Crippen LogP contribution is 2.32. The quantitative estimate of drug-likeness (QED) is 0.434. The van der Waals surface area contributed by atoms with E-state index in [9.17, 15) is 23.1 Å². The molecule has 1 aromatic carbocycles. The average molecular weight is 436 g/mol. The molecule has 0 atom stereocenters. The number of phenols is 1. The lowest BCUT2D eigenvalue weighted by atomic mass is 10.0. The Morgan fingerprint density at radius 3 is 2.23 bits per heavy atom. The lowest BCUT2D eigenvalue weighted by Crippen LogP contribution is -2.31. The second-order valence-corrected chi connectivity index (χ2v) is 8.97. The smallest absolute Gasteiger partial charge is 0.272 e. The van der Waals surface area contributed by atoms with Crippen molar-refractivity contribution in [3.63, 3.8) is 0 Å². The van der Waals surface area contributed by atoms with E-state index in [-0.39, 0.29) is 27.8 Å². The monoisotopic (exact) mass is 435 g/mol. The predicted molar refractivity (Wildman–Crippen MR) is 116 cm³/mol. The zero-order chi connectivity index (χ0) is 22.8. The highest BCUT2D eigenvalue weighted by molar-refractivity contribution is 7.89. The van der Waals surface area contributed by atoms with Crippen molar-refractivity contribution >= 4 is 27.4 Å². The molecule has 0 aliphatic carbocycles. The number of hydrogen-bond donors (Lipinski definition) is 3. The van der Waals surface area contributed by atoms with Gasteiger partial charge < -0.3 is 15.4 Å². The number of nitrogens with zero attached hydrogens (tertiary/aromatic N) is 1. The van der Waals surface area contributed by atoms with Gasteiger partial charge in [0.05, 0.1) is 10.6 Å². The predicted octanol–water partition coefficient (Wildman–Crippen LogP) is 3.38. The molecule has 1 amide bonds. The molecule has 2 aromatic rings. The molecule has 8 nitrogen and oxygen atoms in total. The fraction of sp³-hybridized carbons (Fsp3) is 0.429. The summed E-state index contributed by atoms with van der Waals surface area (Å²) in [5, 5.41) is 12.9. The Balaban J connectivity index is 2.51. The fourth-order valence-electron chi connectivity index (χ4n) is 3.64. The molecule has 0 spiro atoms. The van der Waals surface area contributed by atoms with E-state index in [0.29, 0.717) is 41.9 Å². The number of carbonyl (C=O) groups excluding carboxylic acids is 2. The van der Waals surface area contributed by atoms with Gasteiger partial charge in [0.2, 0.25) is 10.0 Å². The highest BCUT2D eigenvalue weighted by Gasteiger charge is 2.27. The van der Waals surface area contributed by atoms with E-state index in [1.165, 1.54) is 23.4 Å². The maximum absolute atomic E-state index is 12.9. The van der Waals surface area contributed by atoms with Crippen LogP contribution in [-0.2, 0) is 16.4 Å². The number of hydrogen-bond acceptors (Lipinski definition) is 5. The second-order valence-electron chi connectivity index (χ2n) is 7.07. The lowest BCUT2D eigenvalue weighted by molar-refractivity contribution is 0.101. The number of aromatic amines is 1. The summed E-state index contributed by atoms with van der Waals surface area (Å²) in [5.74, 6) is -0.953. The molecule has 0 aliphatic heterocycles. The molecule has 0 fully saturated rings. The number of nitrogens with one attached hydrogen (secondary N) is 2. The number of phenolic OH excluding ortho intramolecular Hbond substituents is 1. The van der Waals surface area contributed by atoms with E-state index in [2.05, 4.69) is 10.3 Å². The molecule has 2 rings (SSSR count). The summed E-state index contributed by atoms with van der Waals surface area (Å²) >= 11 is 0. The third kappa shape index (κ3) is 4.27. The fourth-order valence-corrected chi connectivity index (χ4v) is 5.33. The van der Waals surface area contributed by atoms with E-state index < -0.39 is 15.9 Å². The number of rotatable bonds is 8. The number of sulfonamides is 1. The highest BCUT2D eigenvalue weighted by atomic mass is 32.2. The molecular weight excluding hydrogens is 406 g/mol. The van der Waals surface area contributed by atoms with Crippen LogP contribution in [0.4, 0.5) is 5.69 Å². The molecule has 0 aliphatic rings. The van der Waals surface area contributed by atoms with Crippen molar-refractivity contribution in [2.24, 2.45) is 0 Å². The van der Waals surface area contributed by atoms with Gasteiger partial charge in [-0.1, -0.05) is 20.8 Å². The van der Waals surface area contributed by atoms with Crippen LogP contribution in [0.3, 0.4) is 0 Å². The van der Waals surface area contributed by atoms with Crippen molar-refractivity contribution < 1.29 is 23.1 Å². The van der Waals surface area contributed by atoms with Crippen LogP contribution >= 0.6 is 0 Å². The molecule has 9 heteroatoms. The van der Waals surface area contributed by atoms with Crippen LogP contribution in [0.5, 0.6) is 5.75 Å². The zero-order valence-corrected chi connectivity index (χ0v) is 19.0. The summed E-state index contributed by atoms with van der Waals surface area (Å²) in [5.41, 5.74) is 2.22. The minimum absolute atomic E-state index is 0.0158. The molecular formula is C21H29N3O5S. The van der Waals surface area contributed by atoms with Gasteiger partial charge in [0, 0.05) is 24.3 Å². The van der Waals surface area contributed by atoms with Crippen LogP contribution in [0, 0.1) is 13.8 Å². The Kier molecular flexibility index (Phi) is 7.10. The summed E-state index contributed by atoms with van der Waals surface area (Å²) in [6, 6.07) is 2.58. The first-order valence-corrected chi connectivity index (χ1v) is 11.3. The van der Waals surface area contributed by atoms with E-state index in [0.717, 1.165) is 0 Å². The maximum Gasteiger partial charge on any atom is 0.272 e. The first-order valence-electron chi connectivity index (χ1n) is 9.86. The van der Waals surface area contributed by atoms with Crippen LogP contribution < -0.4 is 5.32 Å².